The fourth-order valence-corrected chi connectivity index (χ4v) is 3.27. The van der Waals surface area contributed by atoms with Gasteiger partial charge in [0.15, 0.2) is 11.5 Å². The van der Waals surface area contributed by atoms with Crippen molar-refractivity contribution in [3.63, 3.8) is 0 Å². The van der Waals surface area contributed by atoms with Crippen LogP contribution in [0.4, 0.5) is 5.69 Å². The molecular weight excluding hydrogens is 420 g/mol. The molecule has 31 heavy (non-hydrogen) atoms. The van der Waals surface area contributed by atoms with Crippen molar-refractivity contribution in [2.45, 2.75) is 33.8 Å². The van der Waals surface area contributed by atoms with Crippen molar-refractivity contribution in [3.05, 3.63) is 58.1 Å². The first-order valence-electron chi connectivity index (χ1n) is 9.79. The van der Waals surface area contributed by atoms with Crippen LogP contribution in [-0.4, -0.2) is 35.4 Å². The summed E-state index contributed by atoms with van der Waals surface area (Å²) in [4.78, 5) is 24.4. The fourth-order valence-electron chi connectivity index (χ4n) is 3.07. The molecule has 0 radical (unpaired) electrons. The molecule has 8 heteroatoms. The zero-order valence-corrected chi connectivity index (χ0v) is 18.4. The molecule has 1 aliphatic rings. The van der Waals surface area contributed by atoms with Crippen LogP contribution in [0.5, 0.6) is 11.5 Å². The Balaban J connectivity index is 1.94. The molecular formula is C23H23ClN2O5. The Hall–Kier alpha value is -3.32. The molecule has 0 aromatic heterocycles. The van der Waals surface area contributed by atoms with Crippen LogP contribution >= 0.6 is 11.6 Å². The molecule has 1 N–H and O–H groups in total. The molecule has 7 nitrogen and oxygen atoms in total. The summed E-state index contributed by atoms with van der Waals surface area (Å²) in [5.74, 6) is -0.323. The largest absolute Gasteiger partial charge is 0.490 e. The van der Waals surface area contributed by atoms with E-state index < -0.39 is 5.97 Å². The number of amides is 1. The summed E-state index contributed by atoms with van der Waals surface area (Å²) in [6.45, 7) is 7.95. The summed E-state index contributed by atoms with van der Waals surface area (Å²) in [6.07, 6.45) is 1.72. The van der Waals surface area contributed by atoms with Crippen molar-refractivity contribution in [3.8, 4) is 11.5 Å². The highest BCUT2D eigenvalue weighted by Crippen LogP contribution is 2.32. The van der Waals surface area contributed by atoms with Gasteiger partial charge in [0.2, 0.25) is 0 Å². The van der Waals surface area contributed by atoms with Crippen LogP contribution in [0, 0.1) is 0 Å². The van der Waals surface area contributed by atoms with E-state index in [1.807, 2.05) is 32.9 Å². The highest BCUT2D eigenvalue weighted by Gasteiger charge is 2.29. The summed E-state index contributed by atoms with van der Waals surface area (Å²) in [7, 11) is 0. The van der Waals surface area contributed by atoms with Gasteiger partial charge in [0.1, 0.15) is 0 Å². The van der Waals surface area contributed by atoms with Crippen LogP contribution in [-0.2, 0) is 4.79 Å². The number of carboxylic acids is 1. The minimum Gasteiger partial charge on any atom is -0.490 e. The second-order valence-corrected chi connectivity index (χ2v) is 7.54. The summed E-state index contributed by atoms with van der Waals surface area (Å²) in [5, 5.41) is 14.9. The van der Waals surface area contributed by atoms with E-state index in [4.69, 9.17) is 21.1 Å². The van der Waals surface area contributed by atoms with Crippen LogP contribution in [0.15, 0.2) is 47.1 Å². The van der Waals surface area contributed by atoms with E-state index in [1.54, 1.807) is 25.1 Å². The molecule has 0 saturated heterocycles. The van der Waals surface area contributed by atoms with Gasteiger partial charge in [0, 0.05) is 0 Å². The number of hydrogen-bond acceptors (Lipinski definition) is 5. The number of carbonyl (C=O) groups is 2. The third-order valence-electron chi connectivity index (χ3n) is 4.43. The maximum atomic E-state index is 13.0. The Labute approximate surface area is 185 Å². The van der Waals surface area contributed by atoms with Crippen LogP contribution in [0.1, 0.15) is 43.6 Å². The Morgan fingerprint density at radius 1 is 1.23 bits per heavy atom. The number of carboxylic acid groups (broad SMARTS) is 1. The van der Waals surface area contributed by atoms with Gasteiger partial charge in [0.05, 0.1) is 40.3 Å². The van der Waals surface area contributed by atoms with Crippen molar-refractivity contribution < 1.29 is 24.2 Å². The molecule has 162 valence electrons. The topological polar surface area (TPSA) is 88.4 Å². The first-order valence-corrected chi connectivity index (χ1v) is 10.2. The number of benzene rings is 2. The molecule has 2 aromatic carbocycles. The first kappa shape index (κ1) is 22.4. The number of halogens is 1. The van der Waals surface area contributed by atoms with Crippen LogP contribution in [0.3, 0.4) is 0 Å². The molecule has 1 amide bonds. The van der Waals surface area contributed by atoms with Gasteiger partial charge in [-0.15, -0.1) is 0 Å². The van der Waals surface area contributed by atoms with Gasteiger partial charge in [-0.2, -0.15) is 10.1 Å². The number of aromatic carboxylic acids is 1. The number of hydrogen-bond donors (Lipinski definition) is 1. The monoisotopic (exact) mass is 442 g/mol. The molecule has 0 bridgehead atoms. The normalized spacial score (nSPS) is 14.9. The third kappa shape index (κ3) is 4.88. The van der Waals surface area contributed by atoms with Gasteiger partial charge in [-0.3, -0.25) is 4.79 Å². The standard InChI is InChI=1S/C23H23ClN2O5/c1-5-30-21-11-15(6-9-20(21)31-13(2)3)10-17-14(4)25-26(22(17)27)16-7-8-19(24)18(12-16)23(28)29/h6-13H,5H2,1-4H3,(H,28,29)/b17-10-. The summed E-state index contributed by atoms with van der Waals surface area (Å²) in [5.41, 5.74) is 1.88. The molecule has 0 unspecified atom stereocenters. The van der Waals surface area contributed by atoms with Gasteiger partial charge in [-0.1, -0.05) is 17.7 Å². The van der Waals surface area contributed by atoms with E-state index in [2.05, 4.69) is 5.10 Å². The average molecular weight is 443 g/mol. The molecule has 0 atom stereocenters. The lowest BCUT2D eigenvalue weighted by atomic mass is 10.1. The molecule has 0 spiro atoms. The second-order valence-electron chi connectivity index (χ2n) is 7.14. The van der Waals surface area contributed by atoms with Crippen LogP contribution < -0.4 is 14.5 Å². The molecule has 1 aliphatic heterocycles. The third-order valence-corrected chi connectivity index (χ3v) is 4.76. The molecule has 0 aliphatic carbocycles. The SMILES string of the molecule is CCOc1cc(/C=C2\C(=O)N(c3ccc(Cl)c(C(=O)O)c3)N=C2C)ccc1OC(C)C. The number of ether oxygens (including phenoxy) is 2. The van der Waals surface area contributed by atoms with Crippen molar-refractivity contribution in [2.75, 3.05) is 11.6 Å². The van der Waals surface area contributed by atoms with Crippen LogP contribution in [0.25, 0.3) is 6.08 Å². The number of rotatable bonds is 7. The van der Waals surface area contributed by atoms with Crippen molar-refractivity contribution in [2.24, 2.45) is 5.10 Å². The fraction of sp³-hybridized carbons (Fsp3) is 0.261. The summed E-state index contributed by atoms with van der Waals surface area (Å²) >= 11 is 5.93. The van der Waals surface area contributed by atoms with E-state index >= 15 is 0 Å². The Morgan fingerprint density at radius 3 is 2.61 bits per heavy atom. The minimum absolute atomic E-state index is 0.00201. The zero-order valence-electron chi connectivity index (χ0n) is 17.7. The van der Waals surface area contributed by atoms with Crippen molar-refractivity contribution in [1.29, 1.82) is 0 Å². The lowest BCUT2D eigenvalue weighted by molar-refractivity contribution is -0.114. The average Bonchev–Trinajstić information content (AvgIpc) is 2.98. The summed E-state index contributed by atoms with van der Waals surface area (Å²) in [6, 6.07) is 9.76. The zero-order chi connectivity index (χ0) is 22.7. The number of hydrazone groups is 1. The Kier molecular flexibility index (Phi) is 6.65. The van der Waals surface area contributed by atoms with Gasteiger partial charge in [0.25, 0.3) is 5.91 Å². The van der Waals surface area contributed by atoms with E-state index in [-0.39, 0.29) is 22.6 Å². The molecule has 0 fully saturated rings. The second kappa shape index (κ2) is 9.22. The molecule has 3 rings (SSSR count). The molecule has 1 heterocycles. The van der Waals surface area contributed by atoms with E-state index in [0.29, 0.717) is 35.1 Å². The van der Waals surface area contributed by atoms with Crippen molar-refractivity contribution in [1.82, 2.24) is 0 Å². The van der Waals surface area contributed by atoms with E-state index in [1.165, 1.54) is 17.1 Å². The van der Waals surface area contributed by atoms with Gasteiger partial charge in [-0.25, -0.2) is 4.79 Å². The minimum atomic E-state index is -1.18. The smallest absolute Gasteiger partial charge is 0.337 e. The maximum Gasteiger partial charge on any atom is 0.337 e. The number of anilines is 1. The number of carbonyl (C=O) groups excluding carboxylic acids is 1. The predicted molar refractivity (Wildman–Crippen MR) is 120 cm³/mol. The summed E-state index contributed by atoms with van der Waals surface area (Å²) < 4.78 is 11.5. The highest BCUT2D eigenvalue weighted by atomic mass is 35.5. The van der Waals surface area contributed by atoms with Crippen molar-refractivity contribution >= 4 is 41.0 Å². The molecule has 2 aromatic rings. The van der Waals surface area contributed by atoms with Gasteiger partial charge >= 0.3 is 5.97 Å². The first-order chi connectivity index (χ1) is 14.7. The van der Waals surface area contributed by atoms with Crippen LogP contribution in [0.2, 0.25) is 5.02 Å². The Morgan fingerprint density at radius 2 is 1.97 bits per heavy atom. The van der Waals surface area contributed by atoms with Gasteiger partial charge < -0.3 is 14.6 Å². The quantitative estimate of drug-likeness (QED) is 0.607. The molecule has 0 saturated carbocycles. The van der Waals surface area contributed by atoms with Gasteiger partial charge in [-0.05, 0) is 69.7 Å². The highest BCUT2D eigenvalue weighted by molar-refractivity contribution is 6.34. The van der Waals surface area contributed by atoms with E-state index in [9.17, 15) is 14.7 Å². The lowest BCUT2D eigenvalue weighted by Gasteiger charge is -2.15. The lowest BCUT2D eigenvalue weighted by Crippen LogP contribution is -2.21. The van der Waals surface area contributed by atoms with E-state index in [0.717, 1.165) is 5.56 Å². The predicted octanol–water partition coefficient (Wildman–Crippen LogP) is 5.03. The number of nitrogens with zero attached hydrogens (tertiary/aromatic N) is 2. The maximum absolute atomic E-state index is 13.0. The Bertz CT molecular complexity index is 1090.